The lowest BCUT2D eigenvalue weighted by Gasteiger charge is -2.36. The molecule has 41 heavy (non-hydrogen) atoms. The maximum absolute atomic E-state index is 6.32. The Morgan fingerprint density at radius 1 is 0.854 bits per heavy atom. The lowest BCUT2D eigenvalue weighted by atomic mass is 9.80. The number of ether oxygens (including phenoxy) is 1. The van der Waals surface area contributed by atoms with Gasteiger partial charge in [0.1, 0.15) is 5.76 Å². The molecule has 3 heteroatoms. The Kier molecular flexibility index (Phi) is 13.2. The third kappa shape index (κ3) is 10.8. The molecule has 2 aromatic carbocycles. The SMILES string of the molecule is CCC(C)CC(CC(=C1C=CC(OCCCCCCO[Si](C)(C)C(C)(C)C)=CC1)c1ccccc1)c1ccccc1. The Balaban J connectivity index is 1.56. The number of benzene rings is 2. The summed E-state index contributed by atoms with van der Waals surface area (Å²) in [6, 6.07) is 22.1. The molecule has 2 atom stereocenters. The van der Waals surface area contributed by atoms with Crippen molar-refractivity contribution >= 4 is 13.9 Å². The van der Waals surface area contributed by atoms with E-state index in [2.05, 4.69) is 127 Å². The van der Waals surface area contributed by atoms with E-state index in [0.29, 0.717) is 11.8 Å². The van der Waals surface area contributed by atoms with Gasteiger partial charge in [0.2, 0.25) is 0 Å². The topological polar surface area (TPSA) is 18.5 Å². The molecule has 0 spiro atoms. The molecule has 0 saturated heterocycles. The zero-order valence-corrected chi connectivity index (χ0v) is 28.0. The monoisotopic (exact) mass is 572 g/mol. The van der Waals surface area contributed by atoms with Gasteiger partial charge in [0.25, 0.3) is 0 Å². The van der Waals surface area contributed by atoms with Crippen molar-refractivity contribution in [1.29, 1.82) is 0 Å². The summed E-state index contributed by atoms with van der Waals surface area (Å²) in [7, 11) is -1.62. The summed E-state index contributed by atoms with van der Waals surface area (Å²) in [6.07, 6.45) is 15.8. The van der Waals surface area contributed by atoms with E-state index in [4.69, 9.17) is 9.16 Å². The molecule has 0 amide bonds. The molecule has 0 aromatic heterocycles. The van der Waals surface area contributed by atoms with Crippen LogP contribution in [0.1, 0.15) is 103 Å². The number of hydrogen-bond acceptors (Lipinski definition) is 2. The third-order valence-corrected chi connectivity index (χ3v) is 13.7. The lowest BCUT2D eigenvalue weighted by Crippen LogP contribution is -2.40. The Labute approximate surface area is 253 Å². The minimum atomic E-state index is -1.62. The second kappa shape index (κ2) is 16.3. The standard InChI is InChI=1S/C38H56O2Si/c1-8-31(2)29-35(32-19-13-11-14-20-32)30-37(33-21-15-12-16-22-33)34-23-25-36(26-24-34)39-27-17-9-10-18-28-40-41(6,7)38(3,4)5/h11-16,19-23,25-26,31,35H,8-10,17-18,24,27-30H2,1-7H3. The fraction of sp³-hybridized carbons (Fsp3) is 0.526. The van der Waals surface area contributed by atoms with Crippen LogP contribution in [-0.4, -0.2) is 21.5 Å². The summed E-state index contributed by atoms with van der Waals surface area (Å²) in [5.74, 6) is 2.23. The predicted molar refractivity (Wildman–Crippen MR) is 181 cm³/mol. The van der Waals surface area contributed by atoms with Gasteiger partial charge in [-0.05, 0) is 103 Å². The molecule has 1 aliphatic rings. The van der Waals surface area contributed by atoms with Crippen LogP contribution in [0.25, 0.3) is 5.57 Å². The fourth-order valence-corrected chi connectivity index (χ4v) is 6.27. The number of allylic oxidation sites excluding steroid dienone is 5. The van der Waals surface area contributed by atoms with Crippen molar-refractivity contribution in [2.24, 2.45) is 5.92 Å². The van der Waals surface area contributed by atoms with Crippen molar-refractivity contribution in [3.05, 3.63) is 101 Å². The third-order valence-electron chi connectivity index (χ3n) is 9.16. The molecule has 224 valence electrons. The minimum Gasteiger partial charge on any atom is -0.494 e. The zero-order chi connectivity index (χ0) is 29.7. The van der Waals surface area contributed by atoms with Gasteiger partial charge < -0.3 is 9.16 Å². The van der Waals surface area contributed by atoms with Gasteiger partial charge in [0, 0.05) is 6.61 Å². The van der Waals surface area contributed by atoms with Crippen LogP contribution in [0, 0.1) is 5.92 Å². The molecule has 2 unspecified atom stereocenters. The molecule has 0 heterocycles. The average molecular weight is 573 g/mol. The molecule has 0 N–H and O–H groups in total. The van der Waals surface area contributed by atoms with E-state index in [1.807, 2.05) is 0 Å². The van der Waals surface area contributed by atoms with Gasteiger partial charge >= 0.3 is 0 Å². The van der Waals surface area contributed by atoms with Crippen molar-refractivity contribution in [3.8, 4) is 0 Å². The maximum Gasteiger partial charge on any atom is 0.191 e. The first-order valence-electron chi connectivity index (χ1n) is 16.1. The van der Waals surface area contributed by atoms with Crippen LogP contribution in [0.4, 0.5) is 0 Å². The Hall–Kier alpha value is -2.36. The second-order valence-electron chi connectivity index (χ2n) is 13.4. The molecular weight excluding hydrogens is 517 g/mol. The molecule has 0 bridgehead atoms. The first-order valence-corrected chi connectivity index (χ1v) is 19.0. The van der Waals surface area contributed by atoms with Crippen LogP contribution in [0.3, 0.4) is 0 Å². The van der Waals surface area contributed by atoms with Crippen LogP contribution in [0.5, 0.6) is 0 Å². The van der Waals surface area contributed by atoms with Crippen molar-refractivity contribution in [2.45, 2.75) is 110 Å². The summed E-state index contributed by atoms with van der Waals surface area (Å²) in [6.45, 7) is 18.0. The van der Waals surface area contributed by atoms with Gasteiger partial charge in [-0.15, -0.1) is 0 Å². The highest BCUT2D eigenvalue weighted by molar-refractivity contribution is 6.74. The molecular formula is C38H56O2Si. The lowest BCUT2D eigenvalue weighted by molar-refractivity contribution is 0.213. The summed E-state index contributed by atoms with van der Waals surface area (Å²) < 4.78 is 12.5. The molecule has 1 aliphatic carbocycles. The number of hydrogen-bond donors (Lipinski definition) is 0. The van der Waals surface area contributed by atoms with Crippen molar-refractivity contribution in [1.82, 2.24) is 0 Å². The number of rotatable bonds is 16. The van der Waals surface area contributed by atoms with Crippen LogP contribution in [0.15, 0.2) is 90.2 Å². The molecule has 3 rings (SSSR count). The fourth-order valence-electron chi connectivity index (χ4n) is 5.19. The maximum atomic E-state index is 6.32. The quantitative estimate of drug-likeness (QED) is 0.147. The largest absolute Gasteiger partial charge is 0.494 e. The predicted octanol–water partition coefficient (Wildman–Crippen LogP) is 11.5. The Morgan fingerprint density at radius 3 is 2.07 bits per heavy atom. The Bertz CT molecular complexity index is 1120. The van der Waals surface area contributed by atoms with Crippen LogP contribution in [0.2, 0.25) is 18.1 Å². The van der Waals surface area contributed by atoms with E-state index >= 15 is 0 Å². The van der Waals surface area contributed by atoms with Crippen LogP contribution < -0.4 is 0 Å². The van der Waals surface area contributed by atoms with E-state index in [1.54, 1.807) is 0 Å². The van der Waals surface area contributed by atoms with Gasteiger partial charge in [-0.25, -0.2) is 0 Å². The molecule has 0 aliphatic heterocycles. The molecule has 0 radical (unpaired) electrons. The van der Waals surface area contributed by atoms with Crippen molar-refractivity contribution in [2.75, 3.05) is 13.2 Å². The first kappa shape index (κ1) is 33.1. The molecule has 0 saturated carbocycles. The first-order chi connectivity index (χ1) is 19.6. The van der Waals surface area contributed by atoms with Crippen molar-refractivity contribution in [3.63, 3.8) is 0 Å². The summed E-state index contributed by atoms with van der Waals surface area (Å²) >= 11 is 0. The zero-order valence-electron chi connectivity index (χ0n) is 27.0. The summed E-state index contributed by atoms with van der Waals surface area (Å²) in [4.78, 5) is 0. The van der Waals surface area contributed by atoms with E-state index in [1.165, 1.54) is 48.0 Å². The highest BCUT2D eigenvalue weighted by atomic mass is 28.4. The van der Waals surface area contributed by atoms with Gasteiger partial charge in [0.15, 0.2) is 8.32 Å². The smallest absolute Gasteiger partial charge is 0.191 e. The molecule has 0 fully saturated rings. The molecule has 2 aromatic rings. The van der Waals surface area contributed by atoms with Gasteiger partial charge in [-0.3, -0.25) is 0 Å². The second-order valence-corrected chi connectivity index (χ2v) is 18.3. The van der Waals surface area contributed by atoms with Gasteiger partial charge in [-0.1, -0.05) is 114 Å². The van der Waals surface area contributed by atoms with Crippen LogP contribution >= 0.6 is 0 Å². The normalized spacial score (nSPS) is 16.7. The average Bonchev–Trinajstić information content (AvgIpc) is 2.97. The summed E-state index contributed by atoms with van der Waals surface area (Å²) in [5, 5.41) is 0.288. The highest BCUT2D eigenvalue weighted by Crippen LogP contribution is 2.38. The van der Waals surface area contributed by atoms with E-state index in [-0.39, 0.29) is 5.04 Å². The molecule has 2 nitrogen and oxygen atoms in total. The van der Waals surface area contributed by atoms with Crippen molar-refractivity contribution < 1.29 is 9.16 Å². The van der Waals surface area contributed by atoms with E-state index < -0.39 is 8.32 Å². The summed E-state index contributed by atoms with van der Waals surface area (Å²) in [5.41, 5.74) is 5.67. The van der Waals surface area contributed by atoms with Crippen LogP contribution in [-0.2, 0) is 9.16 Å². The Morgan fingerprint density at radius 2 is 1.49 bits per heavy atom. The van der Waals surface area contributed by atoms with Gasteiger partial charge in [-0.2, -0.15) is 0 Å². The van der Waals surface area contributed by atoms with E-state index in [0.717, 1.165) is 44.7 Å². The highest BCUT2D eigenvalue weighted by Gasteiger charge is 2.36. The van der Waals surface area contributed by atoms with Gasteiger partial charge in [0.05, 0.1) is 6.61 Å². The van der Waals surface area contributed by atoms with E-state index in [9.17, 15) is 0 Å². The number of unbranched alkanes of at least 4 members (excludes halogenated alkanes) is 3. The minimum absolute atomic E-state index is 0.288.